The first kappa shape index (κ1) is 23.0. The highest BCUT2D eigenvalue weighted by Crippen LogP contribution is 2.18. The zero-order valence-corrected chi connectivity index (χ0v) is 17.2. The summed E-state index contributed by atoms with van der Waals surface area (Å²) in [6, 6.07) is 5.80. The van der Waals surface area contributed by atoms with E-state index in [0.717, 1.165) is 0 Å². The van der Waals surface area contributed by atoms with Crippen molar-refractivity contribution in [1.82, 2.24) is 20.8 Å². The molecule has 0 amide bonds. The molecule has 1 unspecified atom stereocenters. The van der Waals surface area contributed by atoms with Crippen molar-refractivity contribution in [3.63, 3.8) is 0 Å². The smallest absolute Gasteiger partial charge is 0.387 e. The van der Waals surface area contributed by atoms with Crippen LogP contribution in [0.5, 0.6) is 5.75 Å². The molecule has 0 aliphatic rings. The molecule has 0 radical (unpaired) electrons. The highest BCUT2D eigenvalue weighted by molar-refractivity contribution is 14.0. The van der Waals surface area contributed by atoms with Gasteiger partial charge in [-0.05, 0) is 24.6 Å². The van der Waals surface area contributed by atoms with E-state index < -0.39 is 12.7 Å². The van der Waals surface area contributed by atoms with E-state index in [-0.39, 0.29) is 42.8 Å². The monoisotopic (exact) mass is 497 g/mol. The van der Waals surface area contributed by atoms with Crippen molar-refractivity contribution in [1.29, 1.82) is 0 Å². The molecule has 0 aliphatic heterocycles. The van der Waals surface area contributed by atoms with E-state index in [0.29, 0.717) is 29.8 Å². The molecular formula is C16H22F2IN5O3. The Kier molecular flexibility index (Phi) is 9.93. The molecule has 2 aromatic rings. The number of guanidine groups is 1. The number of aromatic nitrogens is 2. The first-order chi connectivity index (χ1) is 12.5. The van der Waals surface area contributed by atoms with E-state index in [1.165, 1.54) is 24.3 Å². The van der Waals surface area contributed by atoms with Gasteiger partial charge >= 0.3 is 6.61 Å². The van der Waals surface area contributed by atoms with E-state index >= 15 is 0 Å². The van der Waals surface area contributed by atoms with E-state index in [1.54, 1.807) is 6.92 Å². The molecular weight excluding hydrogens is 475 g/mol. The van der Waals surface area contributed by atoms with Gasteiger partial charge in [-0.2, -0.15) is 13.8 Å². The van der Waals surface area contributed by atoms with Gasteiger partial charge in [0.05, 0.1) is 6.10 Å². The highest BCUT2D eigenvalue weighted by atomic mass is 127. The van der Waals surface area contributed by atoms with Gasteiger partial charge in [0.2, 0.25) is 5.89 Å². The average Bonchev–Trinajstić information content (AvgIpc) is 3.02. The van der Waals surface area contributed by atoms with Crippen LogP contribution in [0.3, 0.4) is 0 Å². The van der Waals surface area contributed by atoms with Crippen LogP contribution in [-0.2, 0) is 6.54 Å². The first-order valence-corrected chi connectivity index (χ1v) is 8.02. The van der Waals surface area contributed by atoms with Crippen LogP contribution >= 0.6 is 24.0 Å². The summed E-state index contributed by atoms with van der Waals surface area (Å²) in [6.45, 7) is 1.75. The van der Waals surface area contributed by atoms with Crippen molar-refractivity contribution in [2.24, 2.45) is 4.99 Å². The van der Waals surface area contributed by atoms with E-state index in [9.17, 15) is 13.9 Å². The number of aliphatic imine (C=N–C) groups is 1. The van der Waals surface area contributed by atoms with Gasteiger partial charge in [0.15, 0.2) is 11.8 Å². The molecule has 27 heavy (non-hydrogen) atoms. The molecule has 1 atom stereocenters. The van der Waals surface area contributed by atoms with Crippen molar-refractivity contribution < 1.29 is 23.1 Å². The summed E-state index contributed by atoms with van der Waals surface area (Å²) < 4.78 is 33.4. The summed E-state index contributed by atoms with van der Waals surface area (Å²) in [5.41, 5.74) is 0.559. The Morgan fingerprint density at radius 2 is 2.00 bits per heavy atom. The average molecular weight is 497 g/mol. The summed E-state index contributed by atoms with van der Waals surface area (Å²) >= 11 is 0. The van der Waals surface area contributed by atoms with Crippen LogP contribution in [-0.4, -0.2) is 40.9 Å². The predicted octanol–water partition coefficient (Wildman–Crippen LogP) is 2.39. The van der Waals surface area contributed by atoms with Crippen LogP contribution in [0.1, 0.15) is 30.3 Å². The summed E-state index contributed by atoms with van der Waals surface area (Å²) in [5.74, 6) is 1.43. The molecule has 3 N–H and O–H groups in total. The van der Waals surface area contributed by atoms with Crippen LogP contribution in [0.2, 0.25) is 0 Å². The lowest BCUT2D eigenvalue weighted by Crippen LogP contribution is -2.39. The molecule has 0 spiro atoms. The SMILES string of the molecule is CCNC(=NCc1noc(C)n1)NCC(O)c1ccc(OC(F)F)cc1.I. The molecule has 1 aromatic heterocycles. The molecule has 8 nitrogen and oxygen atoms in total. The Morgan fingerprint density at radius 3 is 2.56 bits per heavy atom. The van der Waals surface area contributed by atoms with Crippen LogP contribution in [0.15, 0.2) is 33.8 Å². The number of aliphatic hydroxyl groups is 1. The third-order valence-corrected chi connectivity index (χ3v) is 3.25. The Labute approximate surface area is 172 Å². The number of aryl methyl sites for hydroxylation is 1. The fourth-order valence-corrected chi connectivity index (χ4v) is 2.08. The topological polar surface area (TPSA) is 105 Å². The molecule has 11 heteroatoms. The number of nitrogens with one attached hydrogen (secondary N) is 2. The number of hydrogen-bond acceptors (Lipinski definition) is 6. The van der Waals surface area contributed by atoms with Crippen LogP contribution < -0.4 is 15.4 Å². The molecule has 0 aliphatic carbocycles. The largest absolute Gasteiger partial charge is 0.435 e. The number of aliphatic hydroxyl groups excluding tert-OH is 1. The standard InChI is InChI=1S/C16H21F2N5O3.HI/c1-3-19-16(21-9-14-22-10(2)26-23-14)20-8-13(24)11-4-6-12(7-5-11)25-15(17)18;/h4-7,13,15,24H,3,8-9H2,1-2H3,(H2,19,20,21);1H. The normalized spacial score (nSPS) is 12.4. The number of hydrogen-bond donors (Lipinski definition) is 3. The fourth-order valence-electron chi connectivity index (χ4n) is 2.08. The van der Waals surface area contributed by atoms with Crippen LogP contribution in [0.25, 0.3) is 0 Å². The van der Waals surface area contributed by atoms with Crippen molar-refractivity contribution in [3.05, 3.63) is 41.5 Å². The number of nitrogens with zero attached hydrogens (tertiary/aromatic N) is 3. The zero-order chi connectivity index (χ0) is 18.9. The van der Waals surface area contributed by atoms with Gasteiger partial charge in [-0.15, -0.1) is 24.0 Å². The third kappa shape index (κ3) is 8.03. The van der Waals surface area contributed by atoms with Gasteiger partial charge in [0, 0.05) is 20.0 Å². The Balaban J connectivity index is 0.00000364. The molecule has 1 aromatic carbocycles. The van der Waals surface area contributed by atoms with Crippen molar-refractivity contribution >= 4 is 29.9 Å². The summed E-state index contributed by atoms with van der Waals surface area (Å²) in [6.07, 6.45) is -0.855. The first-order valence-electron chi connectivity index (χ1n) is 8.02. The number of alkyl halides is 2. The van der Waals surface area contributed by atoms with Gasteiger partial charge in [-0.3, -0.25) is 0 Å². The van der Waals surface area contributed by atoms with Gasteiger partial charge in [-0.1, -0.05) is 17.3 Å². The Bertz CT molecular complexity index is 712. The minimum absolute atomic E-state index is 0. The maximum absolute atomic E-state index is 12.1. The van der Waals surface area contributed by atoms with Gasteiger partial charge in [-0.25, -0.2) is 4.99 Å². The second kappa shape index (κ2) is 11.6. The second-order valence-corrected chi connectivity index (χ2v) is 5.27. The number of rotatable bonds is 8. The molecule has 0 saturated carbocycles. The molecule has 0 bridgehead atoms. The van der Waals surface area contributed by atoms with E-state index in [1.807, 2.05) is 6.92 Å². The molecule has 2 rings (SSSR count). The van der Waals surface area contributed by atoms with E-state index in [4.69, 9.17) is 4.52 Å². The van der Waals surface area contributed by atoms with Gasteiger partial charge in [0.1, 0.15) is 12.3 Å². The lowest BCUT2D eigenvalue weighted by molar-refractivity contribution is -0.0498. The number of halogens is 3. The minimum atomic E-state index is -2.88. The van der Waals surface area contributed by atoms with Crippen molar-refractivity contribution in [3.8, 4) is 5.75 Å². The fraction of sp³-hybridized carbons (Fsp3) is 0.438. The third-order valence-electron chi connectivity index (χ3n) is 3.25. The molecule has 150 valence electrons. The van der Waals surface area contributed by atoms with Crippen molar-refractivity contribution in [2.75, 3.05) is 13.1 Å². The predicted molar refractivity (Wildman–Crippen MR) is 105 cm³/mol. The Morgan fingerprint density at radius 1 is 1.30 bits per heavy atom. The quantitative estimate of drug-likeness (QED) is 0.292. The van der Waals surface area contributed by atoms with Crippen LogP contribution in [0.4, 0.5) is 8.78 Å². The minimum Gasteiger partial charge on any atom is -0.435 e. The Hall–Kier alpha value is -2.02. The van der Waals surface area contributed by atoms with Gasteiger partial charge < -0.3 is 25.0 Å². The molecule has 0 fully saturated rings. The second-order valence-electron chi connectivity index (χ2n) is 5.27. The highest BCUT2D eigenvalue weighted by Gasteiger charge is 2.10. The molecule has 0 saturated heterocycles. The maximum Gasteiger partial charge on any atom is 0.387 e. The zero-order valence-electron chi connectivity index (χ0n) is 14.9. The number of ether oxygens (including phenoxy) is 1. The molecule has 1 heterocycles. The maximum atomic E-state index is 12.1. The number of benzene rings is 1. The summed E-state index contributed by atoms with van der Waals surface area (Å²) in [4.78, 5) is 8.36. The summed E-state index contributed by atoms with van der Waals surface area (Å²) in [5, 5.41) is 20.0. The lowest BCUT2D eigenvalue weighted by Gasteiger charge is -2.15. The lowest BCUT2D eigenvalue weighted by atomic mass is 10.1. The van der Waals surface area contributed by atoms with Gasteiger partial charge in [0.25, 0.3) is 0 Å². The van der Waals surface area contributed by atoms with Crippen molar-refractivity contribution in [2.45, 2.75) is 33.1 Å². The summed E-state index contributed by atoms with van der Waals surface area (Å²) in [7, 11) is 0. The van der Waals surface area contributed by atoms with Crippen LogP contribution in [0, 0.1) is 6.92 Å². The van der Waals surface area contributed by atoms with E-state index in [2.05, 4.69) is 30.5 Å².